The molecule has 1 fully saturated rings. The van der Waals surface area contributed by atoms with Gasteiger partial charge >= 0.3 is 6.09 Å². The van der Waals surface area contributed by atoms with Gasteiger partial charge in [-0.1, -0.05) is 17.1 Å². The summed E-state index contributed by atoms with van der Waals surface area (Å²) < 4.78 is 38.7. The van der Waals surface area contributed by atoms with Crippen molar-refractivity contribution in [1.82, 2.24) is 25.0 Å². The molecule has 10 heteroatoms. The van der Waals surface area contributed by atoms with Gasteiger partial charge in [0.2, 0.25) is 11.7 Å². The summed E-state index contributed by atoms with van der Waals surface area (Å²) in [5.74, 6) is 2.81. The first kappa shape index (κ1) is 22.3. The molecule has 3 aromatic heterocycles. The Labute approximate surface area is 189 Å². The summed E-state index contributed by atoms with van der Waals surface area (Å²) >= 11 is 0. The monoisotopic (exact) mass is 453 g/mol. The summed E-state index contributed by atoms with van der Waals surface area (Å²) in [6.07, 6.45) is 1.70. The lowest BCUT2D eigenvalue weighted by Gasteiger charge is -2.26. The van der Waals surface area contributed by atoms with E-state index in [2.05, 4.69) is 31.9 Å². The van der Waals surface area contributed by atoms with Crippen molar-refractivity contribution in [3.05, 3.63) is 59.9 Å². The van der Waals surface area contributed by atoms with Crippen LogP contribution in [0.1, 0.15) is 50.4 Å². The number of hydrogen-bond acceptors (Lipinski definition) is 7. The Morgan fingerprint density at radius 3 is 2.70 bits per heavy atom. The number of amides is 1. The highest BCUT2D eigenvalue weighted by Gasteiger charge is 2.51. The van der Waals surface area contributed by atoms with Crippen molar-refractivity contribution >= 4 is 6.09 Å². The number of alkyl halides is 2. The molecule has 1 saturated heterocycles. The number of rotatable bonds is 2. The molecule has 0 bridgehead atoms. The largest absolute Gasteiger partial charge is 0.444 e. The lowest BCUT2D eigenvalue weighted by Crippen LogP contribution is -2.38. The third-order valence-corrected chi connectivity index (χ3v) is 4.62. The molecule has 1 amide bonds. The van der Waals surface area contributed by atoms with Crippen LogP contribution in [0, 0.1) is 11.8 Å². The van der Waals surface area contributed by atoms with Gasteiger partial charge in [-0.15, -0.1) is 0 Å². The molecule has 33 heavy (non-hydrogen) atoms. The number of carbonyl (C=O) groups is 1. The van der Waals surface area contributed by atoms with Crippen LogP contribution in [0.3, 0.4) is 0 Å². The Bertz CT molecular complexity index is 1190. The standard InChI is InChI=1S/C23H21F2N5O3/c1-22(2,3)32-21(31)30-14-23(24,25)12-18(30)20-28-19(29-33-20)17-10-8-15(13-27-17)7-9-16-6-4-5-11-26-16/h4-6,8,10-11,13,18H,12,14H2,1-3H3. The molecule has 1 aliphatic rings. The zero-order chi connectivity index (χ0) is 23.6. The first-order chi connectivity index (χ1) is 15.6. The number of nitrogens with zero attached hydrogens (tertiary/aromatic N) is 5. The van der Waals surface area contributed by atoms with Gasteiger partial charge < -0.3 is 9.26 Å². The second kappa shape index (κ2) is 8.58. The summed E-state index contributed by atoms with van der Waals surface area (Å²) in [7, 11) is 0. The summed E-state index contributed by atoms with van der Waals surface area (Å²) in [6, 6.07) is 7.72. The van der Waals surface area contributed by atoms with E-state index in [0.29, 0.717) is 17.0 Å². The van der Waals surface area contributed by atoms with Gasteiger partial charge in [0.05, 0.1) is 6.54 Å². The van der Waals surface area contributed by atoms with Crippen molar-refractivity contribution in [1.29, 1.82) is 0 Å². The van der Waals surface area contributed by atoms with E-state index >= 15 is 0 Å². The van der Waals surface area contributed by atoms with Gasteiger partial charge in [0, 0.05) is 24.4 Å². The molecule has 3 aromatic rings. The van der Waals surface area contributed by atoms with Crippen LogP contribution >= 0.6 is 0 Å². The molecule has 1 unspecified atom stereocenters. The third-order valence-electron chi connectivity index (χ3n) is 4.62. The third kappa shape index (κ3) is 5.49. The van der Waals surface area contributed by atoms with E-state index in [9.17, 15) is 13.6 Å². The predicted molar refractivity (Wildman–Crippen MR) is 113 cm³/mol. The molecule has 1 atom stereocenters. The highest BCUT2D eigenvalue weighted by Crippen LogP contribution is 2.41. The predicted octanol–water partition coefficient (Wildman–Crippen LogP) is 4.24. The van der Waals surface area contributed by atoms with Gasteiger partial charge in [-0.2, -0.15) is 4.98 Å². The van der Waals surface area contributed by atoms with E-state index < -0.39 is 36.6 Å². The molecule has 0 aromatic carbocycles. The molecule has 0 N–H and O–H groups in total. The second-order valence-corrected chi connectivity index (χ2v) is 8.54. The first-order valence-corrected chi connectivity index (χ1v) is 10.2. The number of pyridine rings is 2. The molecule has 0 aliphatic carbocycles. The van der Waals surface area contributed by atoms with Crippen LogP contribution in [0.5, 0.6) is 0 Å². The molecule has 0 saturated carbocycles. The van der Waals surface area contributed by atoms with E-state index in [1.165, 1.54) is 6.20 Å². The summed E-state index contributed by atoms with van der Waals surface area (Å²) in [4.78, 5) is 26.0. The molecule has 1 aliphatic heterocycles. The fraction of sp³-hybridized carbons (Fsp3) is 0.348. The van der Waals surface area contributed by atoms with Crippen LogP contribution in [-0.2, 0) is 4.74 Å². The highest BCUT2D eigenvalue weighted by atomic mass is 19.3. The maximum atomic E-state index is 14.1. The minimum Gasteiger partial charge on any atom is -0.444 e. The number of ether oxygens (including phenoxy) is 1. The number of hydrogen-bond donors (Lipinski definition) is 0. The molecular weight excluding hydrogens is 432 g/mol. The van der Waals surface area contributed by atoms with E-state index in [4.69, 9.17) is 9.26 Å². The molecule has 0 radical (unpaired) electrons. The van der Waals surface area contributed by atoms with Gasteiger partial charge in [0.15, 0.2) is 0 Å². The van der Waals surface area contributed by atoms with E-state index in [-0.39, 0.29) is 11.7 Å². The normalized spacial score (nSPS) is 17.4. The Kier molecular flexibility index (Phi) is 5.80. The lowest BCUT2D eigenvalue weighted by atomic mass is 10.2. The van der Waals surface area contributed by atoms with Gasteiger partial charge in [0.25, 0.3) is 5.92 Å². The Balaban J connectivity index is 1.52. The van der Waals surface area contributed by atoms with Crippen molar-refractivity contribution in [2.75, 3.05) is 6.54 Å². The molecule has 0 spiro atoms. The Hall–Kier alpha value is -3.87. The summed E-state index contributed by atoms with van der Waals surface area (Å²) in [5.41, 5.74) is 0.832. The van der Waals surface area contributed by atoms with Gasteiger partial charge in [-0.05, 0) is 51.0 Å². The molecule has 4 heterocycles. The van der Waals surface area contributed by atoms with Gasteiger partial charge in [0.1, 0.15) is 23.0 Å². The Morgan fingerprint density at radius 1 is 1.21 bits per heavy atom. The fourth-order valence-electron chi connectivity index (χ4n) is 3.20. The quantitative estimate of drug-likeness (QED) is 0.536. The molecule has 4 rings (SSSR count). The van der Waals surface area contributed by atoms with Crippen LogP contribution < -0.4 is 0 Å². The van der Waals surface area contributed by atoms with Crippen LogP contribution in [0.15, 0.2) is 47.2 Å². The maximum absolute atomic E-state index is 14.1. The number of likely N-dealkylation sites (tertiary alicyclic amines) is 1. The van der Waals surface area contributed by atoms with Crippen LogP contribution in [0.25, 0.3) is 11.5 Å². The van der Waals surface area contributed by atoms with Crippen LogP contribution in [-0.4, -0.2) is 49.2 Å². The zero-order valence-electron chi connectivity index (χ0n) is 18.2. The smallest absolute Gasteiger partial charge is 0.411 e. The van der Waals surface area contributed by atoms with E-state index in [1.807, 2.05) is 6.07 Å². The molecule has 170 valence electrons. The Morgan fingerprint density at radius 2 is 2.03 bits per heavy atom. The van der Waals surface area contributed by atoms with E-state index in [0.717, 1.165) is 4.90 Å². The second-order valence-electron chi connectivity index (χ2n) is 8.54. The van der Waals surface area contributed by atoms with Crippen LogP contribution in [0.2, 0.25) is 0 Å². The van der Waals surface area contributed by atoms with Crippen molar-refractivity contribution in [2.45, 2.75) is 44.8 Å². The van der Waals surface area contributed by atoms with Crippen molar-refractivity contribution in [3.63, 3.8) is 0 Å². The number of carbonyl (C=O) groups excluding carboxylic acids is 1. The van der Waals surface area contributed by atoms with Gasteiger partial charge in [-0.3, -0.25) is 9.88 Å². The average Bonchev–Trinajstić information content (AvgIpc) is 3.36. The van der Waals surface area contributed by atoms with Crippen molar-refractivity contribution in [3.8, 4) is 23.4 Å². The van der Waals surface area contributed by atoms with Gasteiger partial charge in [-0.25, -0.2) is 18.6 Å². The van der Waals surface area contributed by atoms with Crippen LogP contribution in [0.4, 0.5) is 13.6 Å². The van der Waals surface area contributed by atoms with Crippen molar-refractivity contribution < 1.29 is 22.8 Å². The summed E-state index contributed by atoms with van der Waals surface area (Å²) in [5, 5.41) is 3.85. The molecular formula is C23H21F2N5O3. The number of halogens is 2. The molecule has 8 nitrogen and oxygen atoms in total. The fourth-order valence-corrected chi connectivity index (χ4v) is 3.20. The lowest BCUT2D eigenvalue weighted by molar-refractivity contribution is -0.00264. The minimum atomic E-state index is -3.09. The summed E-state index contributed by atoms with van der Waals surface area (Å²) in [6.45, 7) is 4.20. The van der Waals surface area contributed by atoms with Crippen molar-refractivity contribution in [2.24, 2.45) is 0 Å². The zero-order valence-corrected chi connectivity index (χ0v) is 18.2. The minimum absolute atomic E-state index is 0.103. The SMILES string of the molecule is CC(C)(C)OC(=O)N1CC(F)(F)CC1c1nc(-c2ccc(C#Cc3ccccn3)cn2)no1. The number of aromatic nitrogens is 4. The van der Waals surface area contributed by atoms with E-state index in [1.54, 1.807) is 51.2 Å². The highest BCUT2D eigenvalue weighted by molar-refractivity contribution is 5.69. The average molecular weight is 453 g/mol. The maximum Gasteiger partial charge on any atom is 0.411 e. The topological polar surface area (TPSA) is 94.2 Å². The first-order valence-electron chi connectivity index (χ1n) is 10.2.